The Morgan fingerprint density at radius 2 is 1.84 bits per heavy atom. The first-order chi connectivity index (χ1) is 12.2. The van der Waals surface area contributed by atoms with Crippen molar-refractivity contribution in [3.63, 3.8) is 0 Å². The second-order valence-electron chi connectivity index (χ2n) is 5.25. The normalized spacial score (nSPS) is 12.7. The lowest BCUT2D eigenvalue weighted by Gasteiger charge is -2.18. The summed E-state index contributed by atoms with van der Waals surface area (Å²) < 4.78 is 21.5. The number of para-hydroxylation sites is 1. The summed E-state index contributed by atoms with van der Waals surface area (Å²) in [6.45, 7) is 1.01. The Morgan fingerprint density at radius 3 is 2.68 bits per heavy atom. The third kappa shape index (κ3) is 3.16. The minimum absolute atomic E-state index is 0.0461. The van der Waals surface area contributed by atoms with Crippen molar-refractivity contribution in [1.82, 2.24) is 5.16 Å². The first-order valence-electron chi connectivity index (χ1n) is 7.54. The van der Waals surface area contributed by atoms with E-state index < -0.39 is 5.97 Å². The van der Waals surface area contributed by atoms with Crippen LogP contribution in [0.15, 0.2) is 53.1 Å². The molecule has 4 rings (SSSR count). The molecule has 126 valence electrons. The zero-order chi connectivity index (χ0) is 17.2. The van der Waals surface area contributed by atoms with Crippen molar-refractivity contribution in [2.24, 2.45) is 0 Å². The van der Waals surface area contributed by atoms with Crippen LogP contribution in [0, 0.1) is 0 Å². The Hall–Kier alpha value is -2.99. The van der Waals surface area contributed by atoms with Gasteiger partial charge in [0, 0.05) is 11.6 Å². The number of hydrogen-bond donors (Lipinski definition) is 0. The van der Waals surface area contributed by atoms with Crippen LogP contribution in [0.2, 0.25) is 5.02 Å². The van der Waals surface area contributed by atoms with Crippen LogP contribution >= 0.6 is 11.6 Å². The van der Waals surface area contributed by atoms with Crippen molar-refractivity contribution < 1.29 is 23.5 Å². The lowest BCUT2D eigenvalue weighted by atomic mass is 10.1. The van der Waals surface area contributed by atoms with Gasteiger partial charge in [0.05, 0.1) is 5.02 Å². The molecule has 1 aliphatic rings. The summed E-state index contributed by atoms with van der Waals surface area (Å²) in [5.41, 5.74) is 0.762. The Balaban J connectivity index is 1.56. The molecule has 1 aliphatic heterocycles. The third-order valence-corrected chi connectivity index (χ3v) is 3.90. The SMILES string of the molecule is O=C(Oc1ccccc1Cl)c1cc(-c2ccc3c(c2)OCCO3)on1. The van der Waals surface area contributed by atoms with Crippen LogP contribution in [0.1, 0.15) is 10.5 Å². The number of hydrogen-bond acceptors (Lipinski definition) is 6. The zero-order valence-electron chi connectivity index (χ0n) is 12.9. The average molecular weight is 358 g/mol. The zero-order valence-corrected chi connectivity index (χ0v) is 13.7. The van der Waals surface area contributed by atoms with E-state index in [4.69, 9.17) is 30.3 Å². The summed E-state index contributed by atoms with van der Waals surface area (Å²) in [4.78, 5) is 12.2. The molecule has 1 aromatic heterocycles. The van der Waals surface area contributed by atoms with Gasteiger partial charge in [0.2, 0.25) is 0 Å². The van der Waals surface area contributed by atoms with E-state index in [0.29, 0.717) is 41.1 Å². The predicted molar refractivity (Wildman–Crippen MR) is 89.3 cm³/mol. The molecule has 0 saturated carbocycles. The molecule has 0 atom stereocenters. The number of ether oxygens (including phenoxy) is 3. The van der Waals surface area contributed by atoms with E-state index in [1.54, 1.807) is 42.5 Å². The van der Waals surface area contributed by atoms with Crippen molar-refractivity contribution in [2.45, 2.75) is 0 Å². The molecule has 7 heteroatoms. The van der Waals surface area contributed by atoms with Crippen molar-refractivity contribution in [3.05, 3.63) is 59.2 Å². The lowest BCUT2D eigenvalue weighted by molar-refractivity contribution is 0.0724. The molecular weight excluding hydrogens is 346 g/mol. The van der Waals surface area contributed by atoms with Crippen LogP contribution in [-0.2, 0) is 0 Å². The van der Waals surface area contributed by atoms with E-state index >= 15 is 0 Å². The minimum atomic E-state index is -0.652. The van der Waals surface area contributed by atoms with E-state index in [-0.39, 0.29) is 11.4 Å². The molecule has 0 spiro atoms. The predicted octanol–water partition coefficient (Wildman–Crippen LogP) is 3.99. The van der Waals surface area contributed by atoms with Gasteiger partial charge in [0.25, 0.3) is 0 Å². The summed E-state index contributed by atoms with van der Waals surface area (Å²) in [5, 5.41) is 4.10. The summed E-state index contributed by atoms with van der Waals surface area (Å²) in [6, 6.07) is 13.6. The number of fused-ring (bicyclic) bond motifs is 1. The highest BCUT2D eigenvalue weighted by Gasteiger charge is 2.19. The minimum Gasteiger partial charge on any atom is -0.486 e. The molecule has 6 nitrogen and oxygen atoms in total. The van der Waals surface area contributed by atoms with Gasteiger partial charge in [0.15, 0.2) is 23.0 Å². The summed E-state index contributed by atoms with van der Waals surface area (Å²) in [5.74, 6) is 1.33. The molecule has 0 radical (unpaired) electrons. The number of rotatable bonds is 3. The molecule has 3 aromatic rings. The van der Waals surface area contributed by atoms with Crippen molar-refractivity contribution in [3.8, 4) is 28.6 Å². The molecule has 2 aromatic carbocycles. The van der Waals surface area contributed by atoms with Gasteiger partial charge in [-0.2, -0.15) is 0 Å². The topological polar surface area (TPSA) is 70.8 Å². The van der Waals surface area contributed by atoms with Gasteiger partial charge >= 0.3 is 5.97 Å². The molecule has 25 heavy (non-hydrogen) atoms. The Bertz CT molecular complexity index is 937. The second kappa shape index (κ2) is 6.49. The maximum Gasteiger partial charge on any atom is 0.366 e. The summed E-state index contributed by atoms with van der Waals surface area (Å²) >= 11 is 5.98. The van der Waals surface area contributed by atoms with Crippen molar-refractivity contribution >= 4 is 17.6 Å². The molecule has 0 unspecified atom stereocenters. The van der Waals surface area contributed by atoms with Crippen molar-refractivity contribution in [2.75, 3.05) is 13.2 Å². The van der Waals surface area contributed by atoms with Crippen LogP contribution in [0.3, 0.4) is 0 Å². The smallest absolute Gasteiger partial charge is 0.366 e. The second-order valence-corrected chi connectivity index (χ2v) is 5.66. The first kappa shape index (κ1) is 15.5. The molecular formula is C18H12ClNO5. The number of aromatic nitrogens is 1. The van der Waals surface area contributed by atoms with Crippen LogP contribution in [0.5, 0.6) is 17.2 Å². The Morgan fingerprint density at radius 1 is 1.04 bits per heavy atom. The fourth-order valence-corrected chi connectivity index (χ4v) is 2.56. The Kier molecular flexibility index (Phi) is 4.03. The van der Waals surface area contributed by atoms with Gasteiger partial charge in [-0.25, -0.2) is 4.79 Å². The molecule has 0 fully saturated rings. The molecule has 0 bridgehead atoms. The van der Waals surface area contributed by atoms with Gasteiger partial charge in [0.1, 0.15) is 19.0 Å². The van der Waals surface area contributed by atoms with Gasteiger partial charge in [-0.15, -0.1) is 0 Å². The van der Waals surface area contributed by atoms with Gasteiger partial charge < -0.3 is 18.7 Å². The summed E-state index contributed by atoms with van der Waals surface area (Å²) in [6.07, 6.45) is 0. The molecule has 2 heterocycles. The highest BCUT2D eigenvalue weighted by atomic mass is 35.5. The number of carbonyl (C=O) groups is 1. The third-order valence-electron chi connectivity index (χ3n) is 3.59. The highest BCUT2D eigenvalue weighted by Crippen LogP contribution is 2.34. The monoisotopic (exact) mass is 357 g/mol. The standard InChI is InChI=1S/C18H12ClNO5/c19-12-3-1-2-4-14(12)24-18(21)13-10-16(25-20-13)11-5-6-15-17(9-11)23-8-7-22-15/h1-6,9-10H,7-8H2. The Labute approximate surface area is 147 Å². The fraction of sp³-hybridized carbons (Fsp3) is 0.111. The highest BCUT2D eigenvalue weighted by molar-refractivity contribution is 6.32. The first-order valence-corrected chi connectivity index (χ1v) is 7.92. The largest absolute Gasteiger partial charge is 0.486 e. The van der Waals surface area contributed by atoms with Gasteiger partial charge in [-0.05, 0) is 30.3 Å². The quantitative estimate of drug-likeness (QED) is 0.521. The number of benzene rings is 2. The molecule has 0 N–H and O–H groups in total. The van der Waals surface area contributed by atoms with Crippen molar-refractivity contribution in [1.29, 1.82) is 0 Å². The van der Waals surface area contributed by atoms with Gasteiger partial charge in [-0.1, -0.05) is 28.9 Å². The number of halogens is 1. The maximum atomic E-state index is 12.2. The van der Waals surface area contributed by atoms with Gasteiger partial charge in [-0.3, -0.25) is 0 Å². The van der Waals surface area contributed by atoms with E-state index in [1.807, 2.05) is 0 Å². The fourth-order valence-electron chi connectivity index (χ4n) is 2.38. The lowest BCUT2D eigenvalue weighted by Crippen LogP contribution is -2.15. The molecule has 0 aliphatic carbocycles. The number of nitrogens with zero attached hydrogens (tertiary/aromatic N) is 1. The molecule has 0 amide bonds. The number of esters is 1. The van der Waals surface area contributed by atoms with E-state index in [2.05, 4.69) is 5.16 Å². The van der Waals surface area contributed by atoms with E-state index in [9.17, 15) is 4.79 Å². The molecule has 0 saturated heterocycles. The summed E-state index contributed by atoms with van der Waals surface area (Å²) in [7, 11) is 0. The van der Waals surface area contributed by atoms with Crippen LogP contribution in [0.4, 0.5) is 0 Å². The maximum absolute atomic E-state index is 12.2. The van der Waals surface area contributed by atoms with E-state index in [1.165, 1.54) is 6.07 Å². The van der Waals surface area contributed by atoms with Crippen LogP contribution < -0.4 is 14.2 Å². The average Bonchev–Trinajstić information content (AvgIpc) is 3.13. The van der Waals surface area contributed by atoms with E-state index in [0.717, 1.165) is 0 Å². The van der Waals surface area contributed by atoms with Crippen LogP contribution in [-0.4, -0.2) is 24.3 Å². The van der Waals surface area contributed by atoms with Crippen LogP contribution in [0.25, 0.3) is 11.3 Å². The number of carbonyl (C=O) groups excluding carboxylic acids is 1.